The summed E-state index contributed by atoms with van der Waals surface area (Å²) in [5.74, 6) is 0.363. The average Bonchev–Trinajstić information content (AvgIpc) is 3.37. The van der Waals surface area contributed by atoms with Crippen LogP contribution in [0.25, 0.3) is 0 Å². The van der Waals surface area contributed by atoms with Crippen molar-refractivity contribution in [2.75, 3.05) is 27.3 Å². The average molecular weight is 434 g/mol. The lowest BCUT2D eigenvalue weighted by atomic mass is 10.1. The lowest BCUT2D eigenvalue weighted by Gasteiger charge is -2.27. The Balaban J connectivity index is 1.77. The second-order valence-electron chi connectivity index (χ2n) is 6.75. The van der Waals surface area contributed by atoms with Gasteiger partial charge in [-0.3, -0.25) is 14.9 Å². The van der Waals surface area contributed by atoms with Crippen LogP contribution in [0.4, 0.5) is 10.5 Å². The molecule has 0 aliphatic carbocycles. The van der Waals surface area contributed by atoms with Crippen LogP contribution in [0.2, 0.25) is 0 Å². The number of carbonyl (C=O) groups excluding carboxylic acids is 2. The van der Waals surface area contributed by atoms with Gasteiger partial charge in [0.05, 0.1) is 36.5 Å². The molecule has 1 aliphatic heterocycles. The van der Waals surface area contributed by atoms with Gasteiger partial charge in [0, 0.05) is 13.1 Å². The third-order valence-electron chi connectivity index (χ3n) is 4.86. The van der Waals surface area contributed by atoms with Crippen LogP contribution in [0.5, 0.6) is 11.5 Å². The molecule has 166 valence electrons. The fourth-order valence-electron chi connectivity index (χ4n) is 3.34. The van der Waals surface area contributed by atoms with Gasteiger partial charge in [-0.1, -0.05) is 5.16 Å². The number of hydrazine groups is 1. The van der Waals surface area contributed by atoms with E-state index in [-0.39, 0.29) is 41.5 Å². The predicted octanol–water partition coefficient (Wildman–Crippen LogP) is 2.62. The Morgan fingerprint density at radius 3 is 2.39 bits per heavy atom. The van der Waals surface area contributed by atoms with Crippen molar-refractivity contribution in [3.05, 3.63) is 44.8 Å². The minimum absolute atomic E-state index is 0.124. The van der Waals surface area contributed by atoms with Crippen LogP contribution in [0.3, 0.4) is 0 Å². The van der Waals surface area contributed by atoms with E-state index in [9.17, 15) is 19.7 Å². The fraction of sp³-hybridized carbons (Fsp3) is 0.421. The van der Waals surface area contributed by atoms with E-state index in [2.05, 4.69) is 5.16 Å². The Morgan fingerprint density at radius 2 is 1.81 bits per heavy atom. The quantitative estimate of drug-likeness (QED) is 0.496. The van der Waals surface area contributed by atoms with Crippen molar-refractivity contribution in [2.45, 2.75) is 26.9 Å². The molecule has 12 nitrogen and oxygen atoms in total. The highest BCUT2D eigenvalue weighted by Gasteiger charge is 2.35. The monoisotopic (exact) mass is 434 g/mol. The first-order chi connectivity index (χ1) is 14.8. The number of benzene rings is 1. The zero-order chi connectivity index (χ0) is 22.7. The topological polar surface area (TPSA) is 137 Å². The summed E-state index contributed by atoms with van der Waals surface area (Å²) >= 11 is 0. The van der Waals surface area contributed by atoms with Crippen LogP contribution in [-0.2, 0) is 11.3 Å². The van der Waals surface area contributed by atoms with Crippen LogP contribution >= 0.6 is 0 Å². The molecular formula is C19H22N4O8. The van der Waals surface area contributed by atoms with Crippen LogP contribution in [0.15, 0.2) is 16.7 Å². The summed E-state index contributed by atoms with van der Waals surface area (Å²) in [6.07, 6.45) is -0.248. The highest BCUT2D eigenvalue weighted by atomic mass is 16.6. The van der Waals surface area contributed by atoms with Crippen LogP contribution in [0.1, 0.15) is 33.8 Å². The molecule has 0 unspecified atom stereocenters. The van der Waals surface area contributed by atoms with Gasteiger partial charge in [-0.2, -0.15) is 0 Å². The first-order valence-electron chi connectivity index (χ1n) is 9.36. The number of amides is 2. The zero-order valence-corrected chi connectivity index (χ0v) is 17.5. The largest absolute Gasteiger partial charge is 0.493 e. The predicted molar refractivity (Wildman–Crippen MR) is 105 cm³/mol. The van der Waals surface area contributed by atoms with E-state index in [1.54, 1.807) is 13.8 Å². The van der Waals surface area contributed by atoms with Gasteiger partial charge in [-0.25, -0.2) is 14.8 Å². The summed E-state index contributed by atoms with van der Waals surface area (Å²) in [6.45, 7) is 3.44. The van der Waals surface area contributed by atoms with E-state index in [0.717, 1.165) is 0 Å². The highest BCUT2D eigenvalue weighted by molar-refractivity contribution is 5.97. The Kier molecular flexibility index (Phi) is 6.28. The van der Waals surface area contributed by atoms with Crippen LogP contribution in [-0.4, -0.2) is 59.4 Å². The third-order valence-corrected chi connectivity index (χ3v) is 4.86. The van der Waals surface area contributed by atoms with E-state index in [1.165, 1.54) is 36.4 Å². The van der Waals surface area contributed by atoms with Gasteiger partial charge in [-0.15, -0.1) is 0 Å². The number of carbonyl (C=O) groups is 2. The third kappa shape index (κ3) is 4.22. The summed E-state index contributed by atoms with van der Waals surface area (Å²) < 4.78 is 20.6. The molecule has 0 atom stereocenters. The Bertz CT molecular complexity index is 999. The zero-order valence-electron chi connectivity index (χ0n) is 17.5. The Hall–Kier alpha value is -3.83. The molecule has 12 heteroatoms. The maximum Gasteiger partial charge on any atom is 0.429 e. The van der Waals surface area contributed by atoms with E-state index >= 15 is 0 Å². The molecule has 0 saturated carbocycles. The number of nitro groups is 1. The van der Waals surface area contributed by atoms with Crippen molar-refractivity contribution in [1.29, 1.82) is 0 Å². The van der Waals surface area contributed by atoms with Gasteiger partial charge in [0.2, 0.25) is 0 Å². The molecule has 1 saturated heterocycles. The van der Waals surface area contributed by atoms with Gasteiger partial charge in [-0.05, 0) is 26.3 Å². The molecule has 1 aliphatic rings. The van der Waals surface area contributed by atoms with Crippen molar-refractivity contribution >= 4 is 17.7 Å². The van der Waals surface area contributed by atoms with Crippen molar-refractivity contribution in [3.8, 4) is 11.5 Å². The molecule has 0 bridgehead atoms. The van der Waals surface area contributed by atoms with Crippen LogP contribution in [0, 0.1) is 24.0 Å². The van der Waals surface area contributed by atoms with Gasteiger partial charge in [0.15, 0.2) is 11.5 Å². The summed E-state index contributed by atoms with van der Waals surface area (Å²) in [7, 11) is 2.75. The first-order valence-corrected chi connectivity index (χ1v) is 9.36. The number of nitro benzene ring substituents is 1. The van der Waals surface area contributed by atoms with Crippen molar-refractivity contribution in [1.82, 2.24) is 15.2 Å². The fourth-order valence-corrected chi connectivity index (χ4v) is 3.34. The molecule has 0 spiro atoms. The molecule has 31 heavy (non-hydrogen) atoms. The number of hydrogen-bond donors (Lipinski definition) is 0. The number of nitrogens with zero attached hydrogens (tertiary/aromatic N) is 4. The standard InChI is InChI=1S/C19H22N4O8/c1-11-17(12(2)31-20-11)18(24)21-6-5-7-22(21)19(25)30-10-13-8-15(28-3)16(29-4)9-14(13)23(26)27/h8-9H,5-7,10H2,1-4H3. The summed E-state index contributed by atoms with van der Waals surface area (Å²) in [5, 5.41) is 17.6. The van der Waals surface area contributed by atoms with Gasteiger partial charge >= 0.3 is 6.09 Å². The molecular weight excluding hydrogens is 412 g/mol. The number of aryl methyl sites for hydroxylation is 2. The number of ether oxygens (including phenoxy) is 3. The lowest BCUT2D eigenvalue weighted by molar-refractivity contribution is -0.385. The second kappa shape index (κ2) is 8.90. The number of aromatic nitrogens is 1. The van der Waals surface area contributed by atoms with E-state index in [4.69, 9.17) is 18.7 Å². The van der Waals surface area contributed by atoms with Crippen molar-refractivity contribution in [2.24, 2.45) is 0 Å². The van der Waals surface area contributed by atoms with Gasteiger partial charge in [0.25, 0.3) is 11.6 Å². The normalized spacial score (nSPS) is 13.3. The molecule has 2 amide bonds. The van der Waals surface area contributed by atoms with Crippen molar-refractivity contribution in [3.63, 3.8) is 0 Å². The smallest absolute Gasteiger partial charge is 0.429 e. The van der Waals surface area contributed by atoms with Crippen LogP contribution < -0.4 is 9.47 Å². The molecule has 0 N–H and O–H groups in total. The highest BCUT2D eigenvalue weighted by Crippen LogP contribution is 2.35. The van der Waals surface area contributed by atoms with E-state index in [1.807, 2.05) is 0 Å². The molecule has 1 fully saturated rings. The lowest BCUT2D eigenvalue weighted by Crippen LogP contribution is -2.45. The summed E-state index contributed by atoms with van der Waals surface area (Å²) in [6, 6.07) is 2.58. The Labute approximate surface area is 177 Å². The number of rotatable bonds is 6. The molecule has 1 aromatic carbocycles. The number of hydrogen-bond acceptors (Lipinski definition) is 9. The maximum atomic E-state index is 12.9. The Morgan fingerprint density at radius 1 is 1.16 bits per heavy atom. The van der Waals surface area contributed by atoms with Gasteiger partial charge < -0.3 is 18.7 Å². The molecule has 1 aromatic heterocycles. The number of methoxy groups -OCH3 is 2. The maximum absolute atomic E-state index is 12.9. The minimum atomic E-state index is -0.804. The molecule has 3 rings (SSSR count). The molecule has 0 radical (unpaired) electrons. The van der Waals surface area contributed by atoms with Gasteiger partial charge in [0.1, 0.15) is 17.9 Å². The van der Waals surface area contributed by atoms with E-state index < -0.39 is 16.9 Å². The summed E-state index contributed by atoms with van der Waals surface area (Å²) in [5.41, 5.74) is 0.549. The SMILES string of the molecule is COc1cc(COC(=O)N2CCCN2C(=O)c2c(C)noc2C)c([N+](=O)[O-])cc1OC. The van der Waals surface area contributed by atoms with Crippen molar-refractivity contribution < 1.29 is 33.2 Å². The first kappa shape index (κ1) is 21.9. The van der Waals surface area contributed by atoms with E-state index in [0.29, 0.717) is 24.4 Å². The summed E-state index contributed by atoms with van der Waals surface area (Å²) in [4.78, 5) is 36.4. The molecule has 2 aromatic rings. The molecule has 2 heterocycles. The minimum Gasteiger partial charge on any atom is -0.493 e. The second-order valence-corrected chi connectivity index (χ2v) is 6.75.